The monoisotopic (exact) mass is 282 g/mol. The summed E-state index contributed by atoms with van der Waals surface area (Å²) in [5.74, 6) is -0.117. The Balaban J connectivity index is 2.02. The summed E-state index contributed by atoms with van der Waals surface area (Å²) in [5, 5.41) is 6.63. The average molecular weight is 283 g/mol. The number of halogens is 1. The maximum absolute atomic E-state index is 12.2. The fourth-order valence-electron chi connectivity index (χ4n) is 2.16. The third-order valence-corrected chi connectivity index (χ3v) is 3.34. The van der Waals surface area contributed by atoms with E-state index in [0.29, 0.717) is 17.1 Å². The van der Waals surface area contributed by atoms with Gasteiger partial charge in [-0.05, 0) is 38.0 Å². The Labute approximate surface area is 118 Å². The molecule has 19 heavy (non-hydrogen) atoms. The first-order valence-electron chi connectivity index (χ1n) is 6.64. The number of carbonyl (C=O) groups excluding carboxylic acids is 1. The molecule has 0 spiro atoms. The highest BCUT2D eigenvalue weighted by Gasteiger charge is 2.18. The van der Waals surface area contributed by atoms with Crippen LogP contribution in [0.5, 0.6) is 0 Å². The number of carbonyl (C=O) groups is 1. The lowest BCUT2D eigenvalue weighted by atomic mass is 10.1. The predicted octanol–water partition coefficient (Wildman–Crippen LogP) is 2.68. The lowest BCUT2D eigenvalue weighted by Crippen LogP contribution is -2.32. The lowest BCUT2D eigenvalue weighted by molar-refractivity contribution is 0.0858. The van der Waals surface area contributed by atoms with Crippen LogP contribution in [0, 0.1) is 0 Å². The Kier molecular flexibility index (Phi) is 5.05. The number of benzene rings is 1. The summed E-state index contributed by atoms with van der Waals surface area (Å²) in [7, 11) is 0. The van der Waals surface area contributed by atoms with Crippen LogP contribution < -0.4 is 10.6 Å². The summed E-state index contributed by atoms with van der Waals surface area (Å²) in [6, 6.07) is 5.29. The van der Waals surface area contributed by atoms with E-state index < -0.39 is 0 Å². The first-order valence-corrected chi connectivity index (χ1v) is 7.01. The molecular formula is C14H19ClN2O2. The van der Waals surface area contributed by atoms with Gasteiger partial charge in [0.15, 0.2) is 0 Å². The summed E-state index contributed by atoms with van der Waals surface area (Å²) in [6.45, 7) is 4.09. The molecule has 1 aliphatic rings. The maximum atomic E-state index is 12.2. The number of hydrogen-bond acceptors (Lipinski definition) is 3. The van der Waals surface area contributed by atoms with E-state index in [9.17, 15) is 4.79 Å². The smallest absolute Gasteiger partial charge is 0.253 e. The summed E-state index contributed by atoms with van der Waals surface area (Å²) in [6.07, 6.45) is 2.22. The van der Waals surface area contributed by atoms with Crippen LogP contribution >= 0.6 is 11.6 Å². The van der Waals surface area contributed by atoms with Gasteiger partial charge in [0, 0.05) is 30.4 Å². The van der Waals surface area contributed by atoms with E-state index in [1.165, 1.54) is 0 Å². The molecule has 4 nitrogen and oxygen atoms in total. The minimum absolute atomic E-state index is 0.117. The van der Waals surface area contributed by atoms with Gasteiger partial charge in [-0.25, -0.2) is 0 Å². The van der Waals surface area contributed by atoms with E-state index in [-0.39, 0.29) is 12.0 Å². The summed E-state index contributed by atoms with van der Waals surface area (Å²) < 4.78 is 5.48. The summed E-state index contributed by atoms with van der Waals surface area (Å²) in [5.41, 5.74) is 1.38. The lowest BCUT2D eigenvalue weighted by Gasteiger charge is -2.14. The van der Waals surface area contributed by atoms with Gasteiger partial charge in [-0.15, -0.1) is 0 Å². The van der Waals surface area contributed by atoms with Gasteiger partial charge in [0.25, 0.3) is 5.91 Å². The second-order valence-corrected chi connectivity index (χ2v) is 5.00. The minimum atomic E-state index is -0.117. The summed E-state index contributed by atoms with van der Waals surface area (Å²) >= 11 is 5.96. The Morgan fingerprint density at radius 3 is 3.05 bits per heavy atom. The molecule has 0 aromatic heterocycles. The molecule has 0 saturated carbocycles. The average Bonchev–Trinajstić information content (AvgIpc) is 2.91. The van der Waals surface area contributed by atoms with E-state index >= 15 is 0 Å². The molecule has 0 bridgehead atoms. The maximum Gasteiger partial charge on any atom is 0.253 e. The number of nitrogens with one attached hydrogen (secondary N) is 2. The van der Waals surface area contributed by atoms with Gasteiger partial charge in [-0.1, -0.05) is 11.6 Å². The number of amides is 1. The zero-order valence-electron chi connectivity index (χ0n) is 11.0. The Hall–Kier alpha value is -1.26. The molecule has 1 atom stereocenters. The molecule has 2 rings (SSSR count). The Morgan fingerprint density at radius 2 is 2.37 bits per heavy atom. The largest absolute Gasteiger partial charge is 0.385 e. The van der Waals surface area contributed by atoms with Crippen molar-refractivity contribution in [1.29, 1.82) is 0 Å². The minimum Gasteiger partial charge on any atom is -0.385 e. The van der Waals surface area contributed by atoms with Crippen molar-refractivity contribution in [2.24, 2.45) is 0 Å². The molecule has 1 saturated heterocycles. The van der Waals surface area contributed by atoms with Gasteiger partial charge in [-0.2, -0.15) is 0 Å². The second kappa shape index (κ2) is 6.78. The van der Waals surface area contributed by atoms with Crippen LogP contribution in [0.25, 0.3) is 0 Å². The second-order valence-electron chi connectivity index (χ2n) is 4.57. The Bertz CT molecular complexity index is 445. The third-order valence-electron chi connectivity index (χ3n) is 3.11. The van der Waals surface area contributed by atoms with E-state index in [1.54, 1.807) is 12.1 Å². The molecular weight excluding hydrogens is 264 g/mol. The highest BCUT2D eigenvalue weighted by molar-refractivity contribution is 6.31. The molecule has 1 heterocycles. The van der Waals surface area contributed by atoms with Crippen LogP contribution in [0.3, 0.4) is 0 Å². The highest BCUT2D eigenvalue weighted by atomic mass is 35.5. The fraction of sp³-hybridized carbons (Fsp3) is 0.500. The first kappa shape index (κ1) is 14.2. The van der Waals surface area contributed by atoms with E-state index in [4.69, 9.17) is 16.3 Å². The van der Waals surface area contributed by atoms with Crippen molar-refractivity contribution < 1.29 is 9.53 Å². The van der Waals surface area contributed by atoms with Gasteiger partial charge in [0.2, 0.25) is 0 Å². The molecule has 1 aliphatic heterocycles. The van der Waals surface area contributed by atoms with Crippen LogP contribution in [0.4, 0.5) is 5.69 Å². The molecule has 0 radical (unpaired) electrons. The molecule has 1 aromatic rings. The zero-order chi connectivity index (χ0) is 13.7. The molecule has 1 unspecified atom stereocenters. The number of ether oxygens (including phenoxy) is 1. The van der Waals surface area contributed by atoms with E-state index in [0.717, 1.165) is 31.7 Å². The predicted molar refractivity (Wildman–Crippen MR) is 76.9 cm³/mol. The van der Waals surface area contributed by atoms with Gasteiger partial charge in [0.1, 0.15) is 0 Å². The fourth-order valence-corrected chi connectivity index (χ4v) is 2.33. The molecule has 1 amide bonds. The van der Waals surface area contributed by atoms with Crippen LogP contribution in [0.15, 0.2) is 18.2 Å². The molecule has 5 heteroatoms. The van der Waals surface area contributed by atoms with Crippen LogP contribution in [-0.4, -0.2) is 31.7 Å². The van der Waals surface area contributed by atoms with Crippen LogP contribution in [0.2, 0.25) is 5.02 Å². The van der Waals surface area contributed by atoms with Gasteiger partial charge in [0.05, 0.1) is 11.7 Å². The van der Waals surface area contributed by atoms with Crippen molar-refractivity contribution in [2.45, 2.75) is 25.9 Å². The zero-order valence-corrected chi connectivity index (χ0v) is 11.8. The van der Waals surface area contributed by atoms with Crippen molar-refractivity contribution in [3.8, 4) is 0 Å². The van der Waals surface area contributed by atoms with Gasteiger partial charge >= 0.3 is 0 Å². The van der Waals surface area contributed by atoms with Crippen LogP contribution in [0.1, 0.15) is 30.1 Å². The van der Waals surface area contributed by atoms with Crippen molar-refractivity contribution in [1.82, 2.24) is 5.32 Å². The Morgan fingerprint density at radius 1 is 1.53 bits per heavy atom. The number of hydrogen-bond donors (Lipinski definition) is 2. The number of anilines is 1. The SMILES string of the molecule is CCNc1ccc(Cl)cc1C(=O)NCC1CCCO1. The first-order chi connectivity index (χ1) is 9.20. The molecule has 0 aliphatic carbocycles. The normalized spacial score (nSPS) is 18.3. The number of rotatable bonds is 5. The highest BCUT2D eigenvalue weighted by Crippen LogP contribution is 2.20. The molecule has 1 fully saturated rings. The standard InChI is InChI=1S/C14H19ClN2O2/c1-2-16-13-6-5-10(15)8-12(13)14(18)17-9-11-4-3-7-19-11/h5-6,8,11,16H,2-4,7,9H2,1H3,(H,17,18). The third kappa shape index (κ3) is 3.85. The van der Waals surface area contributed by atoms with Crippen molar-refractivity contribution in [3.05, 3.63) is 28.8 Å². The van der Waals surface area contributed by atoms with E-state index in [2.05, 4.69) is 10.6 Å². The topological polar surface area (TPSA) is 50.4 Å². The van der Waals surface area contributed by atoms with Crippen molar-refractivity contribution in [2.75, 3.05) is 25.0 Å². The van der Waals surface area contributed by atoms with Gasteiger partial charge < -0.3 is 15.4 Å². The molecule has 2 N–H and O–H groups in total. The van der Waals surface area contributed by atoms with Crippen molar-refractivity contribution >= 4 is 23.2 Å². The quantitative estimate of drug-likeness (QED) is 0.873. The molecule has 1 aromatic carbocycles. The van der Waals surface area contributed by atoms with Gasteiger partial charge in [-0.3, -0.25) is 4.79 Å². The summed E-state index contributed by atoms with van der Waals surface area (Å²) in [4.78, 5) is 12.2. The van der Waals surface area contributed by atoms with Crippen molar-refractivity contribution in [3.63, 3.8) is 0 Å². The van der Waals surface area contributed by atoms with E-state index in [1.807, 2.05) is 13.0 Å². The van der Waals surface area contributed by atoms with Crippen LogP contribution in [-0.2, 0) is 4.74 Å². The molecule has 104 valence electrons.